The molecule has 9 nitrogen and oxygen atoms in total. The molecule has 1 saturated heterocycles. The predicted octanol–water partition coefficient (Wildman–Crippen LogP) is 2.93. The molecule has 1 spiro atoms. The summed E-state index contributed by atoms with van der Waals surface area (Å²) in [5.41, 5.74) is 2.69. The lowest BCUT2D eigenvalue weighted by atomic mass is 9.73. The van der Waals surface area contributed by atoms with Gasteiger partial charge >= 0.3 is 5.97 Å². The van der Waals surface area contributed by atoms with E-state index in [0.29, 0.717) is 38.0 Å². The summed E-state index contributed by atoms with van der Waals surface area (Å²) in [5, 5.41) is 10.6. The fourth-order valence-electron chi connectivity index (χ4n) is 4.91. The van der Waals surface area contributed by atoms with E-state index in [9.17, 15) is 9.59 Å². The van der Waals surface area contributed by atoms with Crippen molar-refractivity contribution < 1.29 is 23.5 Å². The van der Waals surface area contributed by atoms with Crippen LogP contribution in [-0.4, -0.2) is 52.9 Å². The molecule has 2 atom stereocenters. The summed E-state index contributed by atoms with van der Waals surface area (Å²) in [4.78, 5) is 29.0. The van der Waals surface area contributed by atoms with E-state index in [0.717, 1.165) is 61.9 Å². The molecule has 2 aromatic heterocycles. The summed E-state index contributed by atoms with van der Waals surface area (Å²) in [5.74, 6) is 0.536. The van der Waals surface area contributed by atoms with E-state index < -0.39 is 5.97 Å². The van der Waals surface area contributed by atoms with Crippen LogP contribution in [0.15, 0.2) is 10.7 Å². The van der Waals surface area contributed by atoms with Crippen LogP contribution in [0.5, 0.6) is 0 Å². The average molecular weight is 443 g/mol. The van der Waals surface area contributed by atoms with Crippen LogP contribution in [-0.2, 0) is 22.3 Å². The maximum absolute atomic E-state index is 12.6. The van der Waals surface area contributed by atoms with Crippen LogP contribution < -0.4 is 5.32 Å². The van der Waals surface area contributed by atoms with Crippen molar-refractivity contribution in [2.45, 2.75) is 70.3 Å². The topological polar surface area (TPSA) is 119 Å². The zero-order valence-corrected chi connectivity index (χ0v) is 18.4. The summed E-state index contributed by atoms with van der Waals surface area (Å²) in [6.45, 7) is 3.63. The van der Waals surface area contributed by atoms with Gasteiger partial charge in [-0.2, -0.15) is 5.10 Å². The van der Waals surface area contributed by atoms with Crippen molar-refractivity contribution in [3.05, 3.63) is 34.8 Å². The number of ether oxygens (including phenoxy) is 2. The minimum absolute atomic E-state index is 0.0323. The van der Waals surface area contributed by atoms with Crippen molar-refractivity contribution >= 4 is 11.9 Å². The standard InChI is InChI=1S/C23H30N4O5/c1-2-16-19-17(27-26-16)11-23(13-24-20(19)28)7-9-30-15(10-23)4-3-8-31-22(29)18-12-32-21(25-18)14-5-6-14/h12,14-15H,2-11,13H2,1H3,(H,24,28)(H,26,27). The molecule has 2 N–H and O–H groups in total. The molecule has 1 saturated carbocycles. The number of H-pyrrole nitrogens is 1. The highest BCUT2D eigenvalue weighted by Crippen LogP contribution is 2.40. The number of nitrogens with zero attached hydrogens (tertiary/aromatic N) is 2. The molecule has 9 heteroatoms. The van der Waals surface area contributed by atoms with Gasteiger partial charge in [-0.15, -0.1) is 0 Å². The van der Waals surface area contributed by atoms with E-state index in [2.05, 4.69) is 20.5 Å². The van der Waals surface area contributed by atoms with Gasteiger partial charge in [-0.1, -0.05) is 6.92 Å². The molecule has 0 aromatic carbocycles. The van der Waals surface area contributed by atoms with Gasteiger partial charge in [-0.05, 0) is 56.8 Å². The lowest BCUT2D eigenvalue weighted by molar-refractivity contribution is -0.0531. The number of hydrogen-bond donors (Lipinski definition) is 2. The highest BCUT2D eigenvalue weighted by Gasteiger charge is 2.41. The van der Waals surface area contributed by atoms with Crippen molar-refractivity contribution in [3.8, 4) is 0 Å². The molecule has 2 fully saturated rings. The molecule has 32 heavy (non-hydrogen) atoms. The van der Waals surface area contributed by atoms with E-state index in [1.54, 1.807) is 0 Å². The van der Waals surface area contributed by atoms with Crippen LogP contribution in [0, 0.1) is 5.41 Å². The Balaban J connectivity index is 1.13. The third-order valence-corrected chi connectivity index (χ3v) is 6.86. The van der Waals surface area contributed by atoms with Crippen molar-refractivity contribution in [2.24, 2.45) is 5.41 Å². The van der Waals surface area contributed by atoms with E-state index >= 15 is 0 Å². The molecular formula is C23H30N4O5. The first kappa shape index (κ1) is 21.2. The molecule has 172 valence electrons. The van der Waals surface area contributed by atoms with Crippen LogP contribution in [0.4, 0.5) is 0 Å². The molecule has 1 amide bonds. The van der Waals surface area contributed by atoms with Crippen molar-refractivity contribution in [2.75, 3.05) is 19.8 Å². The Hall–Kier alpha value is -2.68. The first-order valence-corrected chi connectivity index (χ1v) is 11.7. The van der Waals surface area contributed by atoms with Crippen molar-refractivity contribution in [1.29, 1.82) is 0 Å². The Kier molecular flexibility index (Phi) is 5.75. The minimum Gasteiger partial charge on any atom is -0.461 e. The maximum Gasteiger partial charge on any atom is 0.360 e. The van der Waals surface area contributed by atoms with Crippen molar-refractivity contribution in [3.63, 3.8) is 0 Å². The van der Waals surface area contributed by atoms with Crippen LogP contribution in [0.3, 0.4) is 0 Å². The second-order valence-corrected chi connectivity index (χ2v) is 9.31. The highest BCUT2D eigenvalue weighted by molar-refractivity contribution is 5.96. The summed E-state index contributed by atoms with van der Waals surface area (Å²) in [6, 6.07) is 0. The van der Waals surface area contributed by atoms with Crippen LogP contribution in [0.25, 0.3) is 0 Å². The molecule has 2 unspecified atom stereocenters. The van der Waals surface area contributed by atoms with Gasteiger partial charge in [0, 0.05) is 24.8 Å². The monoisotopic (exact) mass is 442 g/mol. The largest absolute Gasteiger partial charge is 0.461 e. The minimum atomic E-state index is -0.438. The number of aromatic nitrogens is 3. The van der Waals surface area contributed by atoms with E-state index in [-0.39, 0.29) is 23.1 Å². The third kappa shape index (κ3) is 4.30. The normalized spacial score (nSPS) is 25.3. The van der Waals surface area contributed by atoms with Gasteiger partial charge in [0.25, 0.3) is 5.91 Å². The second kappa shape index (κ2) is 8.69. The molecule has 2 aliphatic heterocycles. The fourth-order valence-corrected chi connectivity index (χ4v) is 4.91. The highest BCUT2D eigenvalue weighted by atomic mass is 16.5. The third-order valence-electron chi connectivity index (χ3n) is 6.86. The van der Waals surface area contributed by atoms with Crippen LogP contribution in [0.1, 0.15) is 89.5 Å². The average Bonchev–Trinajstić information content (AvgIpc) is 3.42. The molecule has 1 aliphatic carbocycles. The number of rotatable bonds is 7. The lowest BCUT2D eigenvalue weighted by Crippen LogP contribution is -2.43. The smallest absolute Gasteiger partial charge is 0.360 e. The van der Waals surface area contributed by atoms with Crippen LogP contribution in [0.2, 0.25) is 0 Å². The number of aryl methyl sites for hydroxylation is 1. The Morgan fingerprint density at radius 1 is 1.38 bits per heavy atom. The summed E-state index contributed by atoms with van der Waals surface area (Å²) < 4.78 is 16.7. The first-order chi connectivity index (χ1) is 15.6. The first-order valence-electron chi connectivity index (χ1n) is 11.7. The number of hydrogen-bond acceptors (Lipinski definition) is 7. The number of carbonyl (C=O) groups excluding carboxylic acids is 2. The van der Waals surface area contributed by atoms with Gasteiger partial charge in [-0.3, -0.25) is 9.89 Å². The summed E-state index contributed by atoms with van der Waals surface area (Å²) >= 11 is 0. The molecule has 5 rings (SSSR count). The quantitative estimate of drug-likeness (QED) is 0.500. The number of nitrogens with one attached hydrogen (secondary N) is 2. The van der Waals surface area contributed by atoms with E-state index in [1.165, 1.54) is 6.26 Å². The molecule has 3 aliphatic rings. The fraction of sp³-hybridized carbons (Fsp3) is 0.652. The molecule has 4 heterocycles. The van der Waals surface area contributed by atoms with Gasteiger partial charge in [0.05, 0.1) is 24.0 Å². The zero-order valence-electron chi connectivity index (χ0n) is 18.4. The SMILES string of the molecule is CCc1n[nH]c2c1C(=O)NCC1(CCOC(CCCOC(=O)c3coc(C4CC4)n3)C1)C2. The maximum atomic E-state index is 12.6. The van der Waals surface area contributed by atoms with Gasteiger partial charge in [0.2, 0.25) is 0 Å². The van der Waals surface area contributed by atoms with Gasteiger partial charge in [0.1, 0.15) is 6.26 Å². The number of carbonyl (C=O) groups is 2. The van der Waals surface area contributed by atoms with Gasteiger partial charge < -0.3 is 19.2 Å². The van der Waals surface area contributed by atoms with E-state index in [4.69, 9.17) is 13.9 Å². The number of amides is 1. The number of esters is 1. The molecule has 0 bridgehead atoms. The zero-order chi connectivity index (χ0) is 22.1. The Morgan fingerprint density at radius 2 is 2.25 bits per heavy atom. The Labute approximate surface area is 186 Å². The van der Waals surface area contributed by atoms with E-state index in [1.807, 2.05) is 6.92 Å². The number of aromatic amines is 1. The van der Waals surface area contributed by atoms with Gasteiger partial charge in [-0.25, -0.2) is 9.78 Å². The Bertz CT molecular complexity index is 994. The second-order valence-electron chi connectivity index (χ2n) is 9.31. The number of oxazole rings is 1. The molecular weight excluding hydrogens is 412 g/mol. The lowest BCUT2D eigenvalue weighted by Gasteiger charge is -2.40. The van der Waals surface area contributed by atoms with Crippen molar-refractivity contribution in [1.82, 2.24) is 20.5 Å². The van der Waals surface area contributed by atoms with Gasteiger partial charge in [0.15, 0.2) is 11.6 Å². The number of fused-ring (bicyclic) bond motifs is 1. The Morgan fingerprint density at radius 3 is 3.06 bits per heavy atom. The molecule has 2 aromatic rings. The molecule has 0 radical (unpaired) electrons. The summed E-state index contributed by atoms with van der Waals surface area (Å²) in [7, 11) is 0. The summed E-state index contributed by atoms with van der Waals surface area (Å²) in [6.07, 6.45) is 8.38. The predicted molar refractivity (Wildman–Crippen MR) is 113 cm³/mol. The van der Waals surface area contributed by atoms with Crippen LogP contribution >= 0.6 is 0 Å².